The molecule has 4 aromatic rings. The van der Waals surface area contributed by atoms with Gasteiger partial charge < -0.3 is 9.84 Å². The molecule has 0 bridgehead atoms. The van der Waals surface area contributed by atoms with Crippen molar-refractivity contribution < 1.29 is 19.4 Å². The Morgan fingerprint density at radius 3 is 1.42 bits per heavy atom. The van der Waals surface area contributed by atoms with Crippen LogP contribution in [0.3, 0.4) is 0 Å². The second-order valence-electron chi connectivity index (χ2n) is 14.9. The van der Waals surface area contributed by atoms with Crippen molar-refractivity contribution in [2.75, 3.05) is 26.2 Å². The summed E-state index contributed by atoms with van der Waals surface area (Å²) in [5, 5.41) is 24.2. The lowest BCUT2D eigenvalue weighted by Crippen LogP contribution is -2.24. The molecule has 2 aromatic carbocycles. The summed E-state index contributed by atoms with van der Waals surface area (Å²) in [4.78, 5) is 27.9. The van der Waals surface area contributed by atoms with Gasteiger partial charge in [-0.05, 0) is 79.5 Å². The van der Waals surface area contributed by atoms with Crippen LogP contribution in [-0.2, 0) is 30.9 Å². The second-order valence-corrected chi connectivity index (χ2v) is 14.9. The number of rotatable bonds is 10. The van der Waals surface area contributed by atoms with Crippen LogP contribution >= 0.6 is 0 Å². The highest BCUT2D eigenvalue weighted by atomic mass is 16.6. The van der Waals surface area contributed by atoms with Crippen molar-refractivity contribution in [3.63, 3.8) is 0 Å². The maximum Gasteiger partial charge on any atom is 0.361 e. The van der Waals surface area contributed by atoms with Crippen molar-refractivity contribution in [1.29, 1.82) is 0 Å². The van der Waals surface area contributed by atoms with Crippen LogP contribution in [0.1, 0.15) is 76.8 Å². The number of hydrogen-bond acceptors (Lipinski definition) is 9. The summed E-state index contributed by atoms with van der Waals surface area (Å²) in [7, 11) is 0. The number of hydrogen-bond donors (Lipinski definition) is 1. The standard InChI is InChI=1S/C20H26N4O2.C16H18N4O2/c1-20(2,3)26-19(25)18-13-24(22-21-18)10-15-6-4-14(5-7-15)9-23-11-16-8-17(16)12-23;21-16(22)15-10-20(18-17-15)7-12-3-1-11(2-4-12)6-19-8-13-5-14(13)9-19/h4-7,13,16-17H,8-12H2,1-3H3;1-4,10,13-14H,5-9H2,(H,21,22). The third kappa shape index (κ3) is 8.35. The van der Waals surface area contributed by atoms with Gasteiger partial charge in [0.25, 0.3) is 0 Å². The minimum Gasteiger partial charge on any atom is -0.476 e. The number of fused-ring (bicyclic) bond motifs is 2. The molecule has 0 amide bonds. The highest BCUT2D eigenvalue weighted by Gasteiger charge is 2.45. The van der Waals surface area contributed by atoms with E-state index in [4.69, 9.17) is 9.84 Å². The number of carbonyl (C=O) groups is 2. The van der Waals surface area contributed by atoms with Gasteiger partial charge in [-0.25, -0.2) is 19.0 Å². The van der Waals surface area contributed by atoms with Gasteiger partial charge in [0.15, 0.2) is 11.4 Å². The van der Waals surface area contributed by atoms with Gasteiger partial charge in [-0.3, -0.25) is 9.80 Å². The second kappa shape index (κ2) is 13.2. The topological polar surface area (TPSA) is 132 Å². The van der Waals surface area contributed by atoms with Crippen LogP contribution in [0.2, 0.25) is 0 Å². The van der Waals surface area contributed by atoms with E-state index < -0.39 is 17.5 Å². The highest BCUT2D eigenvalue weighted by Crippen LogP contribution is 2.46. The van der Waals surface area contributed by atoms with E-state index in [1.165, 1.54) is 56.3 Å². The third-order valence-electron chi connectivity index (χ3n) is 9.56. The Morgan fingerprint density at radius 2 is 1.04 bits per heavy atom. The van der Waals surface area contributed by atoms with Gasteiger partial charge in [0.05, 0.1) is 25.5 Å². The first-order valence-corrected chi connectivity index (χ1v) is 16.9. The van der Waals surface area contributed by atoms with Crippen molar-refractivity contribution >= 4 is 11.9 Å². The van der Waals surface area contributed by atoms with E-state index in [-0.39, 0.29) is 11.4 Å². The number of piperidine rings is 2. The zero-order chi connectivity index (χ0) is 33.4. The third-order valence-corrected chi connectivity index (χ3v) is 9.56. The van der Waals surface area contributed by atoms with E-state index in [9.17, 15) is 9.59 Å². The number of carbonyl (C=O) groups excluding carboxylic acids is 1. The Bertz CT molecular complexity index is 1720. The first-order chi connectivity index (χ1) is 23.0. The van der Waals surface area contributed by atoms with E-state index >= 15 is 0 Å². The zero-order valence-electron chi connectivity index (χ0n) is 27.9. The molecule has 0 radical (unpaired) electrons. The number of aromatic nitrogens is 6. The maximum atomic E-state index is 12.0. The van der Waals surface area contributed by atoms with Gasteiger partial charge in [-0.1, -0.05) is 59.0 Å². The Balaban J connectivity index is 0.000000154. The maximum absolute atomic E-state index is 12.0. The van der Waals surface area contributed by atoms with Gasteiger partial charge >= 0.3 is 11.9 Å². The number of benzene rings is 2. The number of ether oxygens (including phenoxy) is 1. The molecule has 4 atom stereocenters. The number of carboxylic acids is 1. The molecule has 2 aromatic heterocycles. The van der Waals surface area contributed by atoms with Crippen molar-refractivity contribution in [1.82, 2.24) is 39.8 Å². The minimum atomic E-state index is -1.05. The van der Waals surface area contributed by atoms with Crippen LogP contribution in [0.5, 0.6) is 0 Å². The Kier molecular flexibility index (Phi) is 8.86. The molecule has 1 N–H and O–H groups in total. The molecule has 4 aliphatic rings. The minimum absolute atomic E-state index is 0.0239. The SMILES string of the molecule is CC(C)(C)OC(=O)c1cn(Cc2ccc(CN3CC4CC4C3)cc2)nn1.O=C(O)c1cn(Cc2ccc(CN3CC4CC4C3)cc2)nn1. The normalized spacial score (nSPS) is 22.8. The predicted octanol–water partition coefficient (Wildman–Crippen LogP) is 4.21. The summed E-state index contributed by atoms with van der Waals surface area (Å²) < 4.78 is 8.53. The number of esters is 1. The van der Waals surface area contributed by atoms with Crippen LogP contribution in [0.15, 0.2) is 60.9 Å². The van der Waals surface area contributed by atoms with Crippen molar-refractivity contribution in [2.45, 2.75) is 65.4 Å². The number of carboxylic acid groups (broad SMARTS) is 1. The zero-order valence-corrected chi connectivity index (χ0v) is 27.9. The molecule has 2 saturated carbocycles. The Labute approximate surface area is 280 Å². The lowest BCUT2D eigenvalue weighted by Gasteiger charge is -2.18. The summed E-state index contributed by atoms with van der Waals surface area (Å²) in [6.07, 6.45) is 5.97. The number of likely N-dealkylation sites (tertiary alicyclic amines) is 2. The smallest absolute Gasteiger partial charge is 0.361 e. The van der Waals surface area contributed by atoms with Crippen LogP contribution in [0, 0.1) is 23.7 Å². The monoisotopic (exact) mass is 652 g/mol. The molecule has 48 heavy (non-hydrogen) atoms. The summed E-state index contributed by atoms with van der Waals surface area (Å²) in [6, 6.07) is 17.1. The fourth-order valence-corrected chi connectivity index (χ4v) is 6.91. The van der Waals surface area contributed by atoms with Gasteiger partial charge in [0, 0.05) is 39.3 Å². The number of nitrogens with zero attached hydrogens (tertiary/aromatic N) is 8. The summed E-state index contributed by atoms with van der Waals surface area (Å²) in [5.74, 6) is 2.39. The molecule has 252 valence electrons. The highest BCUT2D eigenvalue weighted by molar-refractivity contribution is 5.87. The van der Waals surface area contributed by atoms with E-state index in [0.29, 0.717) is 13.1 Å². The summed E-state index contributed by atoms with van der Waals surface area (Å²) in [6.45, 7) is 13.7. The lowest BCUT2D eigenvalue weighted by atomic mass is 10.1. The molecule has 8 rings (SSSR count). The van der Waals surface area contributed by atoms with Gasteiger partial charge in [-0.15, -0.1) is 10.2 Å². The largest absolute Gasteiger partial charge is 0.476 e. The Hall–Kier alpha value is -4.42. The van der Waals surface area contributed by atoms with E-state index in [1.807, 2.05) is 20.8 Å². The van der Waals surface area contributed by atoms with E-state index in [1.54, 1.807) is 15.6 Å². The molecule has 2 saturated heterocycles. The first kappa shape index (κ1) is 32.1. The van der Waals surface area contributed by atoms with Crippen molar-refractivity contribution in [2.24, 2.45) is 23.7 Å². The first-order valence-electron chi connectivity index (χ1n) is 16.9. The fourth-order valence-electron chi connectivity index (χ4n) is 6.91. The molecular weight excluding hydrogens is 608 g/mol. The average molecular weight is 653 g/mol. The van der Waals surface area contributed by atoms with E-state index in [2.05, 4.69) is 79.0 Å². The predicted molar refractivity (Wildman–Crippen MR) is 177 cm³/mol. The van der Waals surface area contributed by atoms with Crippen LogP contribution < -0.4 is 0 Å². The molecule has 12 nitrogen and oxygen atoms in total. The van der Waals surface area contributed by atoms with Gasteiger partial charge in [-0.2, -0.15) is 0 Å². The molecule has 4 heterocycles. The fraction of sp³-hybridized carbons (Fsp3) is 0.500. The summed E-state index contributed by atoms with van der Waals surface area (Å²) >= 11 is 0. The van der Waals surface area contributed by atoms with E-state index in [0.717, 1.165) is 47.9 Å². The molecular formula is C36H44N8O4. The van der Waals surface area contributed by atoms with Crippen molar-refractivity contribution in [3.05, 3.63) is 94.6 Å². The average Bonchev–Trinajstić information content (AvgIpc) is 3.58. The van der Waals surface area contributed by atoms with Crippen LogP contribution in [0.4, 0.5) is 0 Å². The molecule has 4 unspecified atom stereocenters. The van der Waals surface area contributed by atoms with Gasteiger partial charge in [0.1, 0.15) is 5.60 Å². The molecule has 4 fully saturated rings. The number of aromatic carboxylic acids is 1. The van der Waals surface area contributed by atoms with Gasteiger partial charge in [0.2, 0.25) is 0 Å². The molecule has 0 spiro atoms. The molecule has 2 aliphatic heterocycles. The molecule has 2 aliphatic carbocycles. The Morgan fingerprint density at radius 1 is 0.667 bits per heavy atom. The summed E-state index contributed by atoms with van der Waals surface area (Å²) in [5.41, 5.74) is 4.59. The lowest BCUT2D eigenvalue weighted by molar-refractivity contribution is 0.00624. The quantitative estimate of drug-likeness (QED) is 0.249. The molecule has 12 heteroatoms. The van der Waals surface area contributed by atoms with Crippen LogP contribution in [-0.4, -0.2) is 88.6 Å². The van der Waals surface area contributed by atoms with Crippen LogP contribution in [0.25, 0.3) is 0 Å². The van der Waals surface area contributed by atoms with Crippen molar-refractivity contribution in [3.8, 4) is 0 Å².